The first-order valence-corrected chi connectivity index (χ1v) is 5.83. The van der Waals surface area contributed by atoms with E-state index in [9.17, 15) is 0 Å². The topological polar surface area (TPSA) is 37.2 Å². The number of hydrogen-bond donors (Lipinski definition) is 2. The third-order valence-electron chi connectivity index (χ3n) is 3.20. The Morgan fingerprint density at radius 3 is 3.19 bits per heavy atom. The second-order valence-corrected chi connectivity index (χ2v) is 4.33. The van der Waals surface area contributed by atoms with Crippen molar-refractivity contribution in [1.29, 1.82) is 0 Å². The minimum Gasteiger partial charge on any atom is -0.464 e. The maximum absolute atomic E-state index is 5.51. The molecule has 1 aliphatic rings. The molecule has 1 fully saturated rings. The molecule has 2 heterocycles. The van der Waals surface area contributed by atoms with E-state index in [0.717, 1.165) is 25.2 Å². The molecular weight excluding hydrogens is 200 g/mol. The zero-order valence-electron chi connectivity index (χ0n) is 9.20. The predicted octanol–water partition coefficient (Wildman–Crippen LogP) is 1.88. The molecule has 1 atom stereocenters. The lowest BCUT2D eigenvalue weighted by atomic mass is 10.1. The Bertz CT molecular complexity index is 471. The number of para-hydroxylation sites is 1. The lowest BCUT2D eigenvalue weighted by Crippen LogP contribution is -2.30. The van der Waals surface area contributed by atoms with Crippen LogP contribution in [0.25, 0.3) is 11.0 Å². The summed E-state index contributed by atoms with van der Waals surface area (Å²) in [6.45, 7) is 3.10. The fourth-order valence-electron chi connectivity index (χ4n) is 2.25. The second kappa shape index (κ2) is 4.28. The highest BCUT2D eigenvalue weighted by Gasteiger charge is 2.14. The average molecular weight is 216 g/mol. The van der Waals surface area contributed by atoms with E-state index in [0.29, 0.717) is 6.04 Å². The van der Waals surface area contributed by atoms with Crippen molar-refractivity contribution in [2.45, 2.75) is 19.0 Å². The normalized spacial score (nSPS) is 20.6. The molecule has 16 heavy (non-hydrogen) atoms. The number of benzene rings is 1. The van der Waals surface area contributed by atoms with Gasteiger partial charge in [-0.05, 0) is 19.0 Å². The lowest BCUT2D eigenvalue weighted by Gasteiger charge is -2.09. The Kier molecular flexibility index (Phi) is 2.64. The summed E-state index contributed by atoms with van der Waals surface area (Å²) in [6, 6.07) is 8.79. The average Bonchev–Trinajstić information content (AvgIpc) is 2.96. The molecule has 1 aromatic carbocycles. The Balaban J connectivity index is 1.73. The van der Waals surface area contributed by atoms with Crippen LogP contribution in [0.4, 0.5) is 0 Å². The summed E-state index contributed by atoms with van der Waals surface area (Å²) in [4.78, 5) is 0. The van der Waals surface area contributed by atoms with Crippen LogP contribution in [-0.4, -0.2) is 19.1 Å². The summed E-state index contributed by atoms with van der Waals surface area (Å²) in [5.41, 5.74) is 2.23. The van der Waals surface area contributed by atoms with Crippen LogP contribution in [-0.2, 0) is 6.54 Å². The van der Waals surface area contributed by atoms with Gasteiger partial charge in [0.05, 0.1) is 6.26 Å². The fourth-order valence-corrected chi connectivity index (χ4v) is 2.25. The third kappa shape index (κ3) is 1.84. The smallest absolute Gasteiger partial charge is 0.134 e. The first kappa shape index (κ1) is 9.87. The van der Waals surface area contributed by atoms with Crippen molar-refractivity contribution in [3.8, 4) is 0 Å². The Morgan fingerprint density at radius 2 is 2.31 bits per heavy atom. The van der Waals surface area contributed by atoms with Gasteiger partial charge in [-0.3, -0.25) is 0 Å². The molecule has 0 saturated carbocycles. The van der Waals surface area contributed by atoms with E-state index >= 15 is 0 Å². The molecule has 3 rings (SSSR count). The van der Waals surface area contributed by atoms with E-state index in [2.05, 4.69) is 22.8 Å². The molecule has 1 aliphatic heterocycles. The summed E-state index contributed by atoms with van der Waals surface area (Å²) in [6.07, 6.45) is 3.08. The van der Waals surface area contributed by atoms with Crippen molar-refractivity contribution in [2.75, 3.05) is 13.1 Å². The van der Waals surface area contributed by atoms with Crippen LogP contribution in [0.15, 0.2) is 34.9 Å². The van der Waals surface area contributed by atoms with Crippen LogP contribution in [0.1, 0.15) is 12.0 Å². The van der Waals surface area contributed by atoms with E-state index in [1.54, 1.807) is 0 Å². The van der Waals surface area contributed by atoms with E-state index in [-0.39, 0.29) is 0 Å². The maximum Gasteiger partial charge on any atom is 0.134 e. The Hall–Kier alpha value is -1.32. The summed E-state index contributed by atoms with van der Waals surface area (Å²) in [5.74, 6) is 0. The molecule has 0 amide bonds. The zero-order chi connectivity index (χ0) is 10.8. The van der Waals surface area contributed by atoms with Gasteiger partial charge in [0, 0.05) is 30.1 Å². The monoisotopic (exact) mass is 216 g/mol. The van der Waals surface area contributed by atoms with E-state index in [4.69, 9.17) is 4.42 Å². The van der Waals surface area contributed by atoms with Gasteiger partial charge in [0.2, 0.25) is 0 Å². The van der Waals surface area contributed by atoms with Gasteiger partial charge in [-0.15, -0.1) is 0 Å². The molecule has 1 saturated heterocycles. The van der Waals surface area contributed by atoms with Gasteiger partial charge in [0.15, 0.2) is 0 Å². The molecule has 1 aromatic heterocycles. The molecule has 0 spiro atoms. The molecule has 0 radical (unpaired) electrons. The molecule has 3 heteroatoms. The van der Waals surface area contributed by atoms with Gasteiger partial charge < -0.3 is 15.1 Å². The number of rotatable bonds is 3. The summed E-state index contributed by atoms with van der Waals surface area (Å²) in [5, 5.41) is 8.13. The van der Waals surface area contributed by atoms with Crippen molar-refractivity contribution in [3.05, 3.63) is 36.1 Å². The highest BCUT2D eigenvalue weighted by Crippen LogP contribution is 2.20. The van der Waals surface area contributed by atoms with Crippen molar-refractivity contribution >= 4 is 11.0 Å². The highest BCUT2D eigenvalue weighted by molar-refractivity contribution is 5.80. The SMILES string of the molecule is c1ccc2c(CNC3CCNC3)coc2c1. The molecule has 2 N–H and O–H groups in total. The molecular formula is C13H16N2O. The number of furan rings is 1. The van der Waals surface area contributed by atoms with Crippen LogP contribution in [0, 0.1) is 0 Å². The van der Waals surface area contributed by atoms with Gasteiger partial charge >= 0.3 is 0 Å². The number of hydrogen-bond acceptors (Lipinski definition) is 3. The number of nitrogens with one attached hydrogen (secondary N) is 2. The van der Waals surface area contributed by atoms with Gasteiger partial charge in [-0.1, -0.05) is 18.2 Å². The molecule has 0 aliphatic carbocycles. The second-order valence-electron chi connectivity index (χ2n) is 4.33. The standard InChI is InChI=1S/C13H16N2O/c1-2-4-13-12(3-1)10(9-16-13)7-15-11-5-6-14-8-11/h1-4,9,11,14-15H,5-8H2. The third-order valence-corrected chi connectivity index (χ3v) is 3.20. The van der Waals surface area contributed by atoms with E-state index < -0.39 is 0 Å². The number of fused-ring (bicyclic) bond motifs is 1. The predicted molar refractivity (Wildman–Crippen MR) is 64.3 cm³/mol. The van der Waals surface area contributed by atoms with Crippen LogP contribution >= 0.6 is 0 Å². The maximum atomic E-state index is 5.51. The Morgan fingerprint density at radius 1 is 1.38 bits per heavy atom. The van der Waals surface area contributed by atoms with Gasteiger partial charge in [0.25, 0.3) is 0 Å². The summed E-state index contributed by atoms with van der Waals surface area (Å²) in [7, 11) is 0. The zero-order valence-corrected chi connectivity index (χ0v) is 9.20. The molecule has 2 aromatic rings. The lowest BCUT2D eigenvalue weighted by molar-refractivity contribution is 0.541. The largest absolute Gasteiger partial charge is 0.464 e. The van der Waals surface area contributed by atoms with Gasteiger partial charge in [-0.2, -0.15) is 0 Å². The Labute approximate surface area is 94.8 Å². The van der Waals surface area contributed by atoms with Gasteiger partial charge in [-0.25, -0.2) is 0 Å². The minimum absolute atomic E-state index is 0.605. The van der Waals surface area contributed by atoms with Crippen molar-refractivity contribution in [2.24, 2.45) is 0 Å². The van der Waals surface area contributed by atoms with Crippen LogP contribution in [0.5, 0.6) is 0 Å². The van der Waals surface area contributed by atoms with Crippen LogP contribution in [0.2, 0.25) is 0 Å². The molecule has 84 valence electrons. The molecule has 0 bridgehead atoms. The highest BCUT2D eigenvalue weighted by atomic mass is 16.3. The van der Waals surface area contributed by atoms with Crippen LogP contribution < -0.4 is 10.6 Å². The molecule has 3 nitrogen and oxygen atoms in total. The minimum atomic E-state index is 0.605. The quantitative estimate of drug-likeness (QED) is 0.822. The first-order chi connectivity index (χ1) is 7.93. The van der Waals surface area contributed by atoms with Crippen LogP contribution in [0.3, 0.4) is 0 Å². The van der Waals surface area contributed by atoms with E-state index in [1.807, 2.05) is 18.4 Å². The van der Waals surface area contributed by atoms with Gasteiger partial charge in [0.1, 0.15) is 5.58 Å². The van der Waals surface area contributed by atoms with Crippen molar-refractivity contribution < 1.29 is 4.42 Å². The first-order valence-electron chi connectivity index (χ1n) is 5.83. The summed E-state index contributed by atoms with van der Waals surface area (Å²) >= 11 is 0. The van der Waals surface area contributed by atoms with Crippen molar-refractivity contribution in [3.63, 3.8) is 0 Å². The molecule has 1 unspecified atom stereocenters. The van der Waals surface area contributed by atoms with E-state index in [1.165, 1.54) is 17.4 Å². The fraction of sp³-hybridized carbons (Fsp3) is 0.385. The summed E-state index contributed by atoms with van der Waals surface area (Å²) < 4.78 is 5.51. The van der Waals surface area contributed by atoms with Crippen molar-refractivity contribution in [1.82, 2.24) is 10.6 Å².